The Labute approximate surface area is 100 Å². The Balaban J connectivity index is 2.86. The maximum atomic E-state index is 11.0. The first-order valence-electron chi connectivity index (χ1n) is 5.17. The van der Waals surface area contributed by atoms with Gasteiger partial charge in [-0.1, -0.05) is 25.4 Å². The van der Waals surface area contributed by atoms with Crippen LogP contribution in [-0.4, -0.2) is 17.1 Å². The van der Waals surface area contributed by atoms with Gasteiger partial charge >= 0.3 is 5.97 Å². The van der Waals surface area contributed by atoms with Crippen LogP contribution in [-0.2, 0) is 4.79 Å². The molecular weight excluding hydrogens is 226 g/mol. The largest absolute Gasteiger partial charge is 0.480 e. The summed E-state index contributed by atoms with van der Waals surface area (Å²) < 4.78 is 0. The van der Waals surface area contributed by atoms with Gasteiger partial charge < -0.3 is 10.4 Å². The fourth-order valence-electron chi connectivity index (χ4n) is 1.43. The Hall–Kier alpha value is -1.22. The average Bonchev–Trinajstić information content (AvgIpc) is 2.18. The third-order valence-electron chi connectivity index (χ3n) is 2.41. The fourth-order valence-corrected chi connectivity index (χ4v) is 1.55. The molecule has 0 radical (unpaired) electrons. The zero-order valence-electron chi connectivity index (χ0n) is 9.62. The Morgan fingerprint density at radius 1 is 1.44 bits per heavy atom. The van der Waals surface area contributed by atoms with E-state index in [1.165, 1.54) is 0 Å². The monoisotopic (exact) mass is 241 g/mol. The molecule has 0 fully saturated rings. The highest BCUT2D eigenvalue weighted by Crippen LogP contribution is 2.21. The molecule has 1 rings (SSSR count). The molecular formula is C12H16ClNO2. The summed E-state index contributed by atoms with van der Waals surface area (Å²) in [6.45, 7) is 5.63. The molecule has 0 aliphatic rings. The maximum Gasteiger partial charge on any atom is 0.326 e. The molecule has 0 spiro atoms. The summed E-state index contributed by atoms with van der Waals surface area (Å²) in [5.74, 6) is -0.823. The van der Waals surface area contributed by atoms with Gasteiger partial charge in [0.25, 0.3) is 0 Å². The van der Waals surface area contributed by atoms with Crippen LogP contribution in [0.1, 0.15) is 19.4 Å². The second-order valence-electron chi connectivity index (χ2n) is 4.17. The van der Waals surface area contributed by atoms with Crippen LogP contribution >= 0.6 is 11.6 Å². The van der Waals surface area contributed by atoms with Crippen molar-refractivity contribution in [2.45, 2.75) is 26.8 Å². The summed E-state index contributed by atoms with van der Waals surface area (Å²) in [5.41, 5.74) is 1.71. The molecule has 1 aromatic carbocycles. The number of benzene rings is 1. The van der Waals surface area contributed by atoms with Crippen LogP contribution in [0.5, 0.6) is 0 Å². The van der Waals surface area contributed by atoms with Crippen LogP contribution < -0.4 is 5.32 Å². The topological polar surface area (TPSA) is 49.3 Å². The molecule has 0 aliphatic heterocycles. The summed E-state index contributed by atoms with van der Waals surface area (Å²) in [7, 11) is 0. The van der Waals surface area contributed by atoms with E-state index in [0.717, 1.165) is 11.3 Å². The zero-order chi connectivity index (χ0) is 12.3. The minimum absolute atomic E-state index is 0.0217. The van der Waals surface area contributed by atoms with E-state index in [1.807, 2.05) is 26.8 Å². The predicted octanol–water partition coefficient (Wildman–Crippen LogP) is 3.17. The van der Waals surface area contributed by atoms with Crippen molar-refractivity contribution in [1.29, 1.82) is 0 Å². The van der Waals surface area contributed by atoms with Crippen molar-refractivity contribution in [3.05, 3.63) is 28.8 Å². The van der Waals surface area contributed by atoms with Crippen LogP contribution in [0.15, 0.2) is 18.2 Å². The highest BCUT2D eigenvalue weighted by atomic mass is 35.5. The van der Waals surface area contributed by atoms with Crippen molar-refractivity contribution in [3.63, 3.8) is 0 Å². The molecule has 0 aliphatic carbocycles. The van der Waals surface area contributed by atoms with Crippen LogP contribution in [0.2, 0.25) is 5.02 Å². The van der Waals surface area contributed by atoms with Crippen LogP contribution in [0, 0.1) is 12.8 Å². The van der Waals surface area contributed by atoms with Crippen LogP contribution in [0.3, 0.4) is 0 Å². The summed E-state index contributed by atoms with van der Waals surface area (Å²) in [6, 6.07) is 4.81. The van der Waals surface area contributed by atoms with Gasteiger partial charge in [-0.2, -0.15) is 0 Å². The van der Waals surface area contributed by atoms with E-state index < -0.39 is 12.0 Å². The normalized spacial score (nSPS) is 12.6. The first kappa shape index (κ1) is 12.8. The van der Waals surface area contributed by atoms with Crippen molar-refractivity contribution in [3.8, 4) is 0 Å². The van der Waals surface area contributed by atoms with Gasteiger partial charge in [-0.25, -0.2) is 4.79 Å². The van der Waals surface area contributed by atoms with Gasteiger partial charge in [0.15, 0.2) is 0 Å². The minimum atomic E-state index is -0.845. The lowest BCUT2D eigenvalue weighted by atomic mass is 10.0. The van der Waals surface area contributed by atoms with E-state index >= 15 is 0 Å². The first-order chi connectivity index (χ1) is 7.41. The molecule has 16 heavy (non-hydrogen) atoms. The van der Waals surface area contributed by atoms with E-state index in [-0.39, 0.29) is 5.92 Å². The molecule has 88 valence electrons. The third kappa shape index (κ3) is 3.14. The Morgan fingerprint density at radius 2 is 2.06 bits per heavy atom. The second-order valence-corrected chi connectivity index (χ2v) is 4.58. The molecule has 1 aromatic rings. The summed E-state index contributed by atoms with van der Waals surface area (Å²) in [4.78, 5) is 11.0. The molecule has 0 bridgehead atoms. The Kier molecular flexibility index (Phi) is 4.19. The number of carboxylic acids is 1. The van der Waals surface area contributed by atoms with Crippen molar-refractivity contribution in [2.24, 2.45) is 5.92 Å². The minimum Gasteiger partial charge on any atom is -0.480 e. The second kappa shape index (κ2) is 5.21. The standard InChI is InChI=1S/C12H16ClNO2/c1-7(2)11(12(15)16)14-9-4-5-10(13)8(3)6-9/h4-7,11,14H,1-3H3,(H,15,16). The summed E-state index contributed by atoms with van der Waals surface area (Å²) in [6.07, 6.45) is 0. The molecule has 3 nitrogen and oxygen atoms in total. The lowest BCUT2D eigenvalue weighted by molar-refractivity contribution is -0.138. The number of rotatable bonds is 4. The van der Waals surface area contributed by atoms with Gasteiger partial charge in [0, 0.05) is 10.7 Å². The highest BCUT2D eigenvalue weighted by Gasteiger charge is 2.20. The van der Waals surface area contributed by atoms with Gasteiger partial charge in [-0.3, -0.25) is 0 Å². The van der Waals surface area contributed by atoms with Gasteiger partial charge in [0.2, 0.25) is 0 Å². The number of hydrogen-bond donors (Lipinski definition) is 2. The number of anilines is 1. The number of nitrogens with one attached hydrogen (secondary N) is 1. The molecule has 0 heterocycles. The molecule has 2 N–H and O–H groups in total. The lowest BCUT2D eigenvalue weighted by Crippen LogP contribution is -2.34. The van der Waals surface area contributed by atoms with E-state index in [0.29, 0.717) is 5.02 Å². The molecule has 0 saturated heterocycles. The predicted molar refractivity (Wildman–Crippen MR) is 66.1 cm³/mol. The quantitative estimate of drug-likeness (QED) is 0.851. The highest BCUT2D eigenvalue weighted by molar-refractivity contribution is 6.31. The number of aryl methyl sites for hydroxylation is 1. The summed E-state index contributed by atoms with van der Waals surface area (Å²) in [5, 5.41) is 12.7. The molecule has 0 amide bonds. The van der Waals surface area contributed by atoms with Crippen LogP contribution in [0.25, 0.3) is 0 Å². The smallest absolute Gasteiger partial charge is 0.326 e. The van der Waals surface area contributed by atoms with E-state index in [2.05, 4.69) is 5.32 Å². The lowest BCUT2D eigenvalue weighted by Gasteiger charge is -2.19. The van der Waals surface area contributed by atoms with Gasteiger partial charge in [0.1, 0.15) is 6.04 Å². The van der Waals surface area contributed by atoms with Crippen molar-refractivity contribution >= 4 is 23.3 Å². The Bertz CT molecular complexity index is 391. The van der Waals surface area contributed by atoms with Crippen molar-refractivity contribution in [2.75, 3.05) is 5.32 Å². The van der Waals surface area contributed by atoms with Crippen molar-refractivity contribution < 1.29 is 9.90 Å². The number of aliphatic carboxylic acids is 1. The Morgan fingerprint density at radius 3 is 2.50 bits per heavy atom. The molecule has 0 aromatic heterocycles. The average molecular weight is 242 g/mol. The molecule has 4 heteroatoms. The number of halogens is 1. The maximum absolute atomic E-state index is 11.0. The summed E-state index contributed by atoms with van der Waals surface area (Å²) >= 11 is 5.90. The molecule has 0 saturated carbocycles. The first-order valence-corrected chi connectivity index (χ1v) is 5.55. The number of hydrogen-bond acceptors (Lipinski definition) is 2. The number of carbonyl (C=O) groups is 1. The van der Waals surface area contributed by atoms with Gasteiger partial charge in [0.05, 0.1) is 0 Å². The SMILES string of the molecule is Cc1cc(NC(C(=O)O)C(C)C)ccc1Cl. The van der Waals surface area contributed by atoms with E-state index in [1.54, 1.807) is 12.1 Å². The molecule has 1 atom stereocenters. The van der Waals surface area contributed by atoms with E-state index in [9.17, 15) is 4.79 Å². The number of carboxylic acid groups (broad SMARTS) is 1. The zero-order valence-corrected chi connectivity index (χ0v) is 10.4. The van der Waals surface area contributed by atoms with Crippen molar-refractivity contribution in [1.82, 2.24) is 0 Å². The van der Waals surface area contributed by atoms with Gasteiger partial charge in [-0.15, -0.1) is 0 Å². The van der Waals surface area contributed by atoms with Crippen LogP contribution in [0.4, 0.5) is 5.69 Å². The fraction of sp³-hybridized carbons (Fsp3) is 0.417. The third-order valence-corrected chi connectivity index (χ3v) is 2.84. The molecule has 1 unspecified atom stereocenters. The van der Waals surface area contributed by atoms with E-state index in [4.69, 9.17) is 16.7 Å². The van der Waals surface area contributed by atoms with Gasteiger partial charge in [-0.05, 0) is 36.6 Å².